The molecule has 1 fully saturated rings. The first-order valence-electron chi connectivity index (χ1n) is 8.24. The van der Waals surface area contributed by atoms with Crippen LogP contribution in [0.15, 0.2) is 48.5 Å². The average Bonchev–Trinajstić information content (AvgIpc) is 2.67. The monoisotopic (exact) mass is 333 g/mol. The van der Waals surface area contributed by atoms with Crippen LogP contribution >= 0.6 is 0 Å². The van der Waals surface area contributed by atoms with Gasteiger partial charge in [0.05, 0.1) is 11.6 Å². The van der Waals surface area contributed by atoms with Gasteiger partial charge in [-0.15, -0.1) is 0 Å². The molecule has 5 nitrogen and oxygen atoms in total. The highest BCUT2D eigenvalue weighted by molar-refractivity contribution is 5.95. The lowest BCUT2D eigenvalue weighted by Crippen LogP contribution is -2.48. The molecule has 126 valence electrons. The van der Waals surface area contributed by atoms with E-state index in [9.17, 15) is 9.59 Å². The minimum atomic E-state index is -0.0383. The fourth-order valence-corrected chi connectivity index (χ4v) is 2.98. The zero-order valence-electron chi connectivity index (χ0n) is 14.1. The number of hydrogen-bond donors (Lipinski definition) is 0. The molecule has 25 heavy (non-hydrogen) atoms. The van der Waals surface area contributed by atoms with Crippen LogP contribution in [0, 0.1) is 11.3 Å². The van der Waals surface area contributed by atoms with Gasteiger partial charge in [0.1, 0.15) is 0 Å². The number of nitrogens with zero attached hydrogens (tertiary/aromatic N) is 3. The second-order valence-electron chi connectivity index (χ2n) is 6.07. The van der Waals surface area contributed by atoms with Crippen LogP contribution < -0.4 is 4.90 Å². The van der Waals surface area contributed by atoms with Crippen molar-refractivity contribution in [3.05, 3.63) is 65.2 Å². The van der Waals surface area contributed by atoms with Crippen LogP contribution in [0.5, 0.6) is 0 Å². The third-order valence-electron chi connectivity index (χ3n) is 4.44. The summed E-state index contributed by atoms with van der Waals surface area (Å²) in [6, 6.07) is 16.4. The fourth-order valence-electron chi connectivity index (χ4n) is 2.98. The van der Waals surface area contributed by atoms with Gasteiger partial charge in [-0.1, -0.05) is 6.07 Å². The lowest BCUT2D eigenvalue weighted by atomic mass is 10.1. The second kappa shape index (κ2) is 7.18. The molecule has 1 heterocycles. The van der Waals surface area contributed by atoms with Crippen molar-refractivity contribution < 1.29 is 9.59 Å². The number of amides is 1. The van der Waals surface area contributed by atoms with Gasteiger partial charge in [-0.2, -0.15) is 5.26 Å². The molecule has 0 saturated carbocycles. The van der Waals surface area contributed by atoms with Crippen LogP contribution in [0.25, 0.3) is 0 Å². The van der Waals surface area contributed by atoms with Gasteiger partial charge in [0.25, 0.3) is 5.91 Å². The smallest absolute Gasteiger partial charge is 0.254 e. The fraction of sp³-hybridized carbons (Fsp3) is 0.250. The Balaban J connectivity index is 1.64. The summed E-state index contributed by atoms with van der Waals surface area (Å²) in [6.07, 6.45) is 0. The second-order valence-corrected chi connectivity index (χ2v) is 6.07. The van der Waals surface area contributed by atoms with Crippen LogP contribution in [-0.4, -0.2) is 42.8 Å². The van der Waals surface area contributed by atoms with Crippen molar-refractivity contribution >= 4 is 17.4 Å². The molecular formula is C20H19N3O2. The number of anilines is 1. The first-order valence-corrected chi connectivity index (χ1v) is 8.24. The molecule has 1 aliphatic heterocycles. The van der Waals surface area contributed by atoms with Gasteiger partial charge >= 0.3 is 0 Å². The molecule has 2 aromatic rings. The highest BCUT2D eigenvalue weighted by Gasteiger charge is 2.22. The van der Waals surface area contributed by atoms with Gasteiger partial charge in [-0.3, -0.25) is 9.59 Å². The Labute approximate surface area is 147 Å². The van der Waals surface area contributed by atoms with Crippen LogP contribution in [0.2, 0.25) is 0 Å². The Kier molecular flexibility index (Phi) is 4.80. The molecule has 1 amide bonds. The Morgan fingerprint density at radius 2 is 1.64 bits per heavy atom. The Morgan fingerprint density at radius 1 is 0.960 bits per heavy atom. The summed E-state index contributed by atoms with van der Waals surface area (Å²) in [5, 5.41) is 8.97. The van der Waals surface area contributed by atoms with Crippen molar-refractivity contribution in [3.8, 4) is 6.07 Å². The number of ketones is 1. The van der Waals surface area contributed by atoms with E-state index in [2.05, 4.69) is 11.0 Å². The van der Waals surface area contributed by atoms with E-state index in [0.29, 0.717) is 29.8 Å². The summed E-state index contributed by atoms with van der Waals surface area (Å²) in [5.74, 6) is 0.0187. The first kappa shape index (κ1) is 16.7. The highest BCUT2D eigenvalue weighted by atomic mass is 16.2. The van der Waals surface area contributed by atoms with Gasteiger partial charge in [0, 0.05) is 43.0 Å². The summed E-state index contributed by atoms with van der Waals surface area (Å²) < 4.78 is 0. The molecule has 0 radical (unpaired) electrons. The molecule has 0 atom stereocenters. The van der Waals surface area contributed by atoms with E-state index in [1.807, 2.05) is 29.2 Å². The lowest BCUT2D eigenvalue weighted by molar-refractivity contribution is 0.0746. The summed E-state index contributed by atoms with van der Waals surface area (Å²) in [6.45, 7) is 4.29. The Bertz CT molecular complexity index is 829. The van der Waals surface area contributed by atoms with E-state index in [4.69, 9.17) is 5.26 Å². The zero-order chi connectivity index (χ0) is 17.8. The van der Waals surface area contributed by atoms with Crippen LogP contribution in [0.1, 0.15) is 33.2 Å². The molecule has 0 bridgehead atoms. The topological polar surface area (TPSA) is 64.4 Å². The maximum absolute atomic E-state index is 12.6. The molecule has 0 unspecified atom stereocenters. The van der Waals surface area contributed by atoms with Crippen molar-refractivity contribution in [2.45, 2.75) is 6.92 Å². The highest BCUT2D eigenvalue weighted by Crippen LogP contribution is 2.19. The average molecular weight is 333 g/mol. The molecule has 1 saturated heterocycles. The minimum absolute atomic E-state index is 0.0383. The minimum Gasteiger partial charge on any atom is -0.368 e. The van der Waals surface area contributed by atoms with Crippen molar-refractivity contribution in [1.29, 1.82) is 5.26 Å². The number of carbonyl (C=O) groups is 2. The lowest BCUT2D eigenvalue weighted by Gasteiger charge is -2.36. The third kappa shape index (κ3) is 3.69. The van der Waals surface area contributed by atoms with E-state index >= 15 is 0 Å². The van der Waals surface area contributed by atoms with Gasteiger partial charge < -0.3 is 9.80 Å². The number of nitriles is 1. The largest absolute Gasteiger partial charge is 0.368 e. The summed E-state index contributed by atoms with van der Waals surface area (Å²) in [7, 11) is 0. The number of rotatable bonds is 3. The van der Waals surface area contributed by atoms with Crippen LogP contribution in [0.4, 0.5) is 5.69 Å². The van der Waals surface area contributed by atoms with Crippen LogP contribution in [0.3, 0.4) is 0 Å². The molecule has 3 rings (SSSR count). The molecule has 0 spiro atoms. The standard InChI is InChI=1S/C20H19N3O2/c1-15(24)17-5-7-19(8-6-17)22-9-11-23(12-10-22)20(25)18-4-2-3-16(13-18)14-21/h2-8,13H,9-12H2,1H3. The quantitative estimate of drug-likeness (QED) is 0.810. The number of piperazine rings is 1. The van der Waals surface area contributed by atoms with Gasteiger partial charge in [-0.25, -0.2) is 0 Å². The number of hydrogen-bond acceptors (Lipinski definition) is 4. The van der Waals surface area contributed by atoms with E-state index in [1.165, 1.54) is 0 Å². The first-order chi connectivity index (χ1) is 12.1. The molecule has 0 aliphatic carbocycles. The molecule has 1 aliphatic rings. The predicted molar refractivity (Wildman–Crippen MR) is 95.7 cm³/mol. The summed E-state index contributed by atoms with van der Waals surface area (Å²) in [4.78, 5) is 28.0. The van der Waals surface area contributed by atoms with Gasteiger partial charge in [0.2, 0.25) is 0 Å². The molecule has 2 aromatic carbocycles. The zero-order valence-corrected chi connectivity index (χ0v) is 14.1. The van der Waals surface area contributed by atoms with Crippen molar-refractivity contribution in [3.63, 3.8) is 0 Å². The number of benzene rings is 2. The third-order valence-corrected chi connectivity index (χ3v) is 4.44. The molecule has 0 N–H and O–H groups in total. The SMILES string of the molecule is CC(=O)c1ccc(N2CCN(C(=O)c3cccc(C#N)c3)CC2)cc1. The maximum Gasteiger partial charge on any atom is 0.254 e. The van der Waals surface area contributed by atoms with Crippen molar-refractivity contribution in [1.82, 2.24) is 4.90 Å². The maximum atomic E-state index is 12.6. The Hall–Kier alpha value is -3.13. The summed E-state index contributed by atoms with van der Waals surface area (Å²) >= 11 is 0. The van der Waals surface area contributed by atoms with E-state index < -0.39 is 0 Å². The van der Waals surface area contributed by atoms with E-state index in [0.717, 1.165) is 18.8 Å². The van der Waals surface area contributed by atoms with Gasteiger partial charge in [-0.05, 0) is 49.4 Å². The van der Waals surface area contributed by atoms with Crippen molar-refractivity contribution in [2.75, 3.05) is 31.1 Å². The molecule has 0 aromatic heterocycles. The number of carbonyl (C=O) groups excluding carboxylic acids is 2. The van der Waals surface area contributed by atoms with E-state index in [-0.39, 0.29) is 11.7 Å². The van der Waals surface area contributed by atoms with Crippen molar-refractivity contribution in [2.24, 2.45) is 0 Å². The number of Topliss-reactive ketones (excluding diaryl/α,β-unsaturated/α-hetero) is 1. The molecular weight excluding hydrogens is 314 g/mol. The normalized spacial score (nSPS) is 14.1. The van der Waals surface area contributed by atoms with Gasteiger partial charge in [0.15, 0.2) is 5.78 Å². The molecule has 5 heteroatoms. The van der Waals surface area contributed by atoms with E-state index in [1.54, 1.807) is 31.2 Å². The predicted octanol–water partition coefficient (Wildman–Crippen LogP) is 2.72. The summed E-state index contributed by atoms with van der Waals surface area (Å²) in [5.41, 5.74) is 2.81. The van der Waals surface area contributed by atoms with Crippen LogP contribution in [-0.2, 0) is 0 Å². The Morgan fingerprint density at radius 3 is 2.24 bits per heavy atom.